The Labute approximate surface area is 107 Å². The Hall–Kier alpha value is -1.81. The minimum atomic E-state index is 0.147. The van der Waals surface area contributed by atoms with E-state index < -0.39 is 0 Å². The summed E-state index contributed by atoms with van der Waals surface area (Å²) in [5.74, 6) is 0. The second-order valence-electron chi connectivity index (χ2n) is 4.36. The Morgan fingerprint density at radius 1 is 1.28 bits per heavy atom. The normalized spacial score (nSPS) is 10.6. The maximum Gasteiger partial charge on any atom is 0.0606 e. The Morgan fingerprint density at radius 3 is 2.56 bits per heavy atom. The highest BCUT2D eigenvalue weighted by Gasteiger charge is 2.10. The van der Waals surface area contributed by atoms with Crippen LogP contribution in [0, 0.1) is 6.92 Å². The lowest BCUT2D eigenvalue weighted by Gasteiger charge is -2.23. The fourth-order valence-corrected chi connectivity index (χ4v) is 1.96. The maximum absolute atomic E-state index is 9.19. The van der Waals surface area contributed by atoms with E-state index in [-0.39, 0.29) is 6.61 Å². The van der Waals surface area contributed by atoms with Crippen molar-refractivity contribution in [1.29, 1.82) is 0 Å². The van der Waals surface area contributed by atoms with Gasteiger partial charge in [-0.1, -0.05) is 18.2 Å². The van der Waals surface area contributed by atoms with Gasteiger partial charge in [0.25, 0.3) is 0 Å². The monoisotopic (exact) mass is 245 g/mol. The van der Waals surface area contributed by atoms with Crippen LogP contribution in [-0.4, -0.2) is 28.0 Å². The van der Waals surface area contributed by atoms with E-state index >= 15 is 0 Å². The zero-order valence-electron chi connectivity index (χ0n) is 10.9. The highest BCUT2D eigenvalue weighted by atomic mass is 16.3. The minimum absolute atomic E-state index is 0.147. The van der Waals surface area contributed by atoms with Gasteiger partial charge >= 0.3 is 0 Å². The van der Waals surface area contributed by atoms with Gasteiger partial charge in [0.2, 0.25) is 0 Å². The average molecular weight is 245 g/mol. The van der Waals surface area contributed by atoms with Gasteiger partial charge in [0.15, 0.2) is 0 Å². The standard InChI is InChI=1S/C14H19N3O/c1-12-13(10-15-16(12)2)11-17(8-9-18)14-6-4-3-5-7-14/h3-7,10,18H,8-9,11H2,1-2H3. The van der Waals surface area contributed by atoms with E-state index in [9.17, 15) is 5.11 Å². The van der Waals surface area contributed by atoms with E-state index in [0.29, 0.717) is 6.54 Å². The van der Waals surface area contributed by atoms with Gasteiger partial charge in [0.05, 0.1) is 12.8 Å². The summed E-state index contributed by atoms with van der Waals surface area (Å²) in [6.07, 6.45) is 1.89. The van der Waals surface area contributed by atoms with Crippen LogP contribution in [-0.2, 0) is 13.6 Å². The van der Waals surface area contributed by atoms with E-state index in [4.69, 9.17) is 0 Å². The van der Waals surface area contributed by atoms with Crippen molar-refractivity contribution in [3.05, 3.63) is 47.8 Å². The fraction of sp³-hybridized carbons (Fsp3) is 0.357. The Kier molecular flexibility index (Phi) is 3.99. The highest BCUT2D eigenvalue weighted by molar-refractivity contribution is 5.46. The highest BCUT2D eigenvalue weighted by Crippen LogP contribution is 2.17. The van der Waals surface area contributed by atoms with Gasteiger partial charge in [-0.2, -0.15) is 5.10 Å². The largest absolute Gasteiger partial charge is 0.395 e. The topological polar surface area (TPSA) is 41.3 Å². The van der Waals surface area contributed by atoms with Crippen LogP contribution in [0.25, 0.3) is 0 Å². The van der Waals surface area contributed by atoms with E-state index in [2.05, 4.69) is 29.1 Å². The molecule has 18 heavy (non-hydrogen) atoms. The fourth-order valence-electron chi connectivity index (χ4n) is 1.96. The number of aliphatic hydroxyl groups excluding tert-OH is 1. The molecule has 0 saturated carbocycles. The van der Waals surface area contributed by atoms with Crippen LogP contribution in [0.5, 0.6) is 0 Å². The number of rotatable bonds is 5. The molecule has 1 N–H and O–H groups in total. The third kappa shape index (κ3) is 2.71. The predicted octanol–water partition coefficient (Wildman–Crippen LogP) is 1.73. The molecule has 1 aromatic heterocycles. The summed E-state index contributed by atoms with van der Waals surface area (Å²) in [7, 11) is 1.94. The van der Waals surface area contributed by atoms with Gasteiger partial charge in [0, 0.05) is 37.1 Å². The number of aryl methyl sites for hydroxylation is 1. The summed E-state index contributed by atoms with van der Waals surface area (Å²) in [6.45, 7) is 3.60. The molecular formula is C14H19N3O. The van der Waals surface area contributed by atoms with Gasteiger partial charge in [-0.3, -0.25) is 4.68 Å². The molecule has 0 aliphatic rings. The molecule has 0 unspecified atom stereocenters. The molecule has 1 aromatic carbocycles. The molecule has 2 aromatic rings. The molecular weight excluding hydrogens is 226 g/mol. The van der Waals surface area contributed by atoms with Gasteiger partial charge in [-0.05, 0) is 19.1 Å². The van der Waals surface area contributed by atoms with Crippen LogP contribution in [0.1, 0.15) is 11.3 Å². The molecule has 0 amide bonds. The number of aromatic nitrogens is 2. The van der Waals surface area contributed by atoms with Crippen LogP contribution in [0.3, 0.4) is 0 Å². The molecule has 96 valence electrons. The zero-order valence-corrected chi connectivity index (χ0v) is 10.9. The number of para-hydroxylation sites is 1. The van der Waals surface area contributed by atoms with E-state index in [1.807, 2.05) is 36.1 Å². The number of nitrogens with zero attached hydrogens (tertiary/aromatic N) is 3. The van der Waals surface area contributed by atoms with E-state index in [1.165, 1.54) is 5.56 Å². The molecule has 0 bridgehead atoms. The summed E-state index contributed by atoms with van der Waals surface area (Å²) in [6, 6.07) is 10.1. The Balaban J connectivity index is 2.19. The van der Waals surface area contributed by atoms with Crippen molar-refractivity contribution >= 4 is 5.69 Å². The summed E-state index contributed by atoms with van der Waals surface area (Å²) < 4.78 is 1.87. The van der Waals surface area contributed by atoms with Crippen molar-refractivity contribution in [3.63, 3.8) is 0 Å². The SMILES string of the molecule is Cc1c(CN(CCO)c2ccccc2)cnn1C. The van der Waals surface area contributed by atoms with Crippen molar-refractivity contribution in [2.24, 2.45) is 7.05 Å². The zero-order chi connectivity index (χ0) is 13.0. The molecule has 0 spiro atoms. The summed E-state index contributed by atoms with van der Waals surface area (Å²) in [5, 5.41) is 13.4. The number of benzene rings is 1. The van der Waals surface area contributed by atoms with Gasteiger partial charge in [0.1, 0.15) is 0 Å². The minimum Gasteiger partial charge on any atom is -0.395 e. The number of aliphatic hydroxyl groups is 1. The van der Waals surface area contributed by atoms with Crippen molar-refractivity contribution in [2.45, 2.75) is 13.5 Å². The predicted molar refractivity (Wildman–Crippen MR) is 72.5 cm³/mol. The van der Waals surface area contributed by atoms with Crippen molar-refractivity contribution in [2.75, 3.05) is 18.1 Å². The Bertz CT molecular complexity index is 493. The van der Waals surface area contributed by atoms with Crippen LogP contribution < -0.4 is 4.90 Å². The Morgan fingerprint density at radius 2 is 2.00 bits per heavy atom. The average Bonchev–Trinajstić information content (AvgIpc) is 2.71. The van der Waals surface area contributed by atoms with Crippen LogP contribution in [0.2, 0.25) is 0 Å². The van der Waals surface area contributed by atoms with Crippen molar-refractivity contribution in [3.8, 4) is 0 Å². The quantitative estimate of drug-likeness (QED) is 0.872. The van der Waals surface area contributed by atoms with Crippen LogP contribution >= 0.6 is 0 Å². The lowest BCUT2D eigenvalue weighted by Crippen LogP contribution is -2.26. The molecule has 0 aliphatic carbocycles. The second-order valence-corrected chi connectivity index (χ2v) is 4.36. The summed E-state index contributed by atoms with van der Waals surface area (Å²) in [4.78, 5) is 2.16. The molecule has 1 heterocycles. The van der Waals surface area contributed by atoms with Gasteiger partial charge in [-0.15, -0.1) is 0 Å². The lowest BCUT2D eigenvalue weighted by molar-refractivity contribution is 0.301. The third-order valence-corrected chi connectivity index (χ3v) is 3.19. The molecule has 4 nitrogen and oxygen atoms in total. The first-order chi connectivity index (χ1) is 8.72. The number of hydrogen-bond acceptors (Lipinski definition) is 3. The molecule has 4 heteroatoms. The lowest BCUT2D eigenvalue weighted by atomic mass is 10.2. The van der Waals surface area contributed by atoms with E-state index in [0.717, 1.165) is 17.9 Å². The molecule has 0 aliphatic heterocycles. The number of hydrogen-bond donors (Lipinski definition) is 1. The molecule has 0 atom stereocenters. The molecule has 0 fully saturated rings. The third-order valence-electron chi connectivity index (χ3n) is 3.19. The van der Waals surface area contributed by atoms with Crippen LogP contribution in [0.15, 0.2) is 36.5 Å². The first-order valence-electron chi connectivity index (χ1n) is 6.10. The van der Waals surface area contributed by atoms with Gasteiger partial charge < -0.3 is 10.0 Å². The maximum atomic E-state index is 9.19. The number of anilines is 1. The first kappa shape index (κ1) is 12.6. The molecule has 0 radical (unpaired) electrons. The molecule has 2 rings (SSSR count). The van der Waals surface area contributed by atoms with E-state index in [1.54, 1.807) is 0 Å². The summed E-state index contributed by atoms with van der Waals surface area (Å²) in [5.41, 5.74) is 3.47. The van der Waals surface area contributed by atoms with Gasteiger partial charge in [-0.25, -0.2) is 0 Å². The van der Waals surface area contributed by atoms with Crippen LogP contribution in [0.4, 0.5) is 5.69 Å². The van der Waals surface area contributed by atoms with Crippen molar-refractivity contribution < 1.29 is 5.11 Å². The first-order valence-corrected chi connectivity index (χ1v) is 6.10. The molecule has 0 saturated heterocycles. The summed E-state index contributed by atoms with van der Waals surface area (Å²) >= 11 is 0. The smallest absolute Gasteiger partial charge is 0.0606 e. The van der Waals surface area contributed by atoms with Crippen molar-refractivity contribution in [1.82, 2.24) is 9.78 Å². The second kappa shape index (κ2) is 5.69.